The third-order valence-corrected chi connectivity index (χ3v) is 2.77. The van der Waals surface area contributed by atoms with Crippen molar-refractivity contribution < 1.29 is 0 Å². The molecule has 4 heteroatoms. The normalized spacial score (nSPS) is 12.3. The molecule has 0 radical (unpaired) electrons. The van der Waals surface area contributed by atoms with Gasteiger partial charge in [-0.25, -0.2) is 0 Å². The SMILES string of the molecule is Cc1nnc(NC(C)CC(C)C)c(C#N)c1C. The van der Waals surface area contributed by atoms with E-state index < -0.39 is 0 Å². The van der Waals surface area contributed by atoms with Crippen molar-refractivity contribution in [3.05, 3.63) is 16.8 Å². The lowest BCUT2D eigenvalue weighted by molar-refractivity contribution is 0.538. The van der Waals surface area contributed by atoms with Crippen LogP contribution in [0.3, 0.4) is 0 Å². The Morgan fingerprint density at radius 3 is 2.41 bits per heavy atom. The Morgan fingerprint density at radius 1 is 1.24 bits per heavy atom. The highest BCUT2D eigenvalue weighted by Gasteiger charge is 2.13. The molecule has 0 amide bonds. The highest BCUT2D eigenvalue weighted by atomic mass is 15.2. The number of aryl methyl sites for hydroxylation is 1. The van der Waals surface area contributed by atoms with Gasteiger partial charge in [0.05, 0.1) is 5.69 Å². The van der Waals surface area contributed by atoms with E-state index in [9.17, 15) is 0 Å². The van der Waals surface area contributed by atoms with Gasteiger partial charge < -0.3 is 5.32 Å². The summed E-state index contributed by atoms with van der Waals surface area (Å²) in [5.74, 6) is 1.21. The van der Waals surface area contributed by atoms with E-state index in [4.69, 9.17) is 5.26 Å². The lowest BCUT2D eigenvalue weighted by Crippen LogP contribution is -2.20. The molecule has 0 bridgehead atoms. The molecule has 0 fully saturated rings. The largest absolute Gasteiger partial charge is 0.365 e. The van der Waals surface area contributed by atoms with Crippen LogP contribution in [0.5, 0.6) is 0 Å². The Bertz CT molecular complexity index is 432. The number of nitrogens with one attached hydrogen (secondary N) is 1. The molecule has 17 heavy (non-hydrogen) atoms. The second kappa shape index (κ2) is 5.62. The summed E-state index contributed by atoms with van der Waals surface area (Å²) in [6.45, 7) is 10.2. The fourth-order valence-electron chi connectivity index (χ4n) is 1.85. The molecule has 1 unspecified atom stereocenters. The van der Waals surface area contributed by atoms with Gasteiger partial charge >= 0.3 is 0 Å². The molecule has 0 saturated heterocycles. The van der Waals surface area contributed by atoms with Gasteiger partial charge in [-0.1, -0.05) is 13.8 Å². The average molecular weight is 232 g/mol. The number of hydrogen-bond donors (Lipinski definition) is 1. The Labute approximate surface area is 103 Å². The summed E-state index contributed by atoms with van der Waals surface area (Å²) in [5.41, 5.74) is 2.32. The van der Waals surface area contributed by atoms with Crippen molar-refractivity contribution in [3.63, 3.8) is 0 Å². The van der Waals surface area contributed by atoms with E-state index in [1.54, 1.807) is 0 Å². The van der Waals surface area contributed by atoms with Gasteiger partial charge in [0, 0.05) is 6.04 Å². The van der Waals surface area contributed by atoms with Gasteiger partial charge in [-0.3, -0.25) is 0 Å². The van der Waals surface area contributed by atoms with Crippen molar-refractivity contribution >= 4 is 5.82 Å². The highest BCUT2D eigenvalue weighted by molar-refractivity contribution is 5.56. The van der Waals surface area contributed by atoms with Crippen molar-refractivity contribution in [2.24, 2.45) is 5.92 Å². The molecule has 92 valence electrons. The van der Waals surface area contributed by atoms with E-state index in [1.807, 2.05) is 13.8 Å². The summed E-state index contributed by atoms with van der Waals surface area (Å²) in [6, 6.07) is 2.49. The van der Waals surface area contributed by atoms with Crippen LogP contribution in [0.2, 0.25) is 0 Å². The summed E-state index contributed by atoms with van der Waals surface area (Å²) in [7, 11) is 0. The summed E-state index contributed by atoms with van der Waals surface area (Å²) in [5, 5.41) is 20.6. The number of hydrogen-bond acceptors (Lipinski definition) is 4. The maximum absolute atomic E-state index is 9.16. The number of rotatable bonds is 4. The molecule has 4 nitrogen and oxygen atoms in total. The van der Waals surface area contributed by atoms with E-state index in [-0.39, 0.29) is 0 Å². The molecule has 0 saturated carbocycles. The summed E-state index contributed by atoms with van der Waals surface area (Å²) >= 11 is 0. The minimum Gasteiger partial charge on any atom is -0.365 e. The van der Waals surface area contributed by atoms with Crippen LogP contribution in [0.1, 0.15) is 44.0 Å². The summed E-state index contributed by atoms with van der Waals surface area (Å²) in [4.78, 5) is 0. The topological polar surface area (TPSA) is 61.6 Å². The van der Waals surface area contributed by atoms with Gasteiger partial charge in [0.2, 0.25) is 0 Å². The van der Waals surface area contributed by atoms with Gasteiger partial charge in [0.15, 0.2) is 5.82 Å². The van der Waals surface area contributed by atoms with Gasteiger partial charge in [0.25, 0.3) is 0 Å². The Morgan fingerprint density at radius 2 is 1.88 bits per heavy atom. The monoisotopic (exact) mass is 232 g/mol. The van der Waals surface area contributed by atoms with E-state index in [1.165, 1.54) is 0 Å². The first-order chi connectivity index (χ1) is 7.95. The first kappa shape index (κ1) is 13.4. The van der Waals surface area contributed by atoms with Crippen LogP contribution in [0.4, 0.5) is 5.82 Å². The molecule has 1 aromatic rings. The zero-order chi connectivity index (χ0) is 13.0. The van der Waals surface area contributed by atoms with E-state index in [2.05, 4.69) is 42.4 Å². The highest BCUT2D eigenvalue weighted by Crippen LogP contribution is 2.19. The maximum atomic E-state index is 9.16. The molecule has 1 rings (SSSR count). The van der Waals surface area contributed by atoms with Crippen LogP contribution in [-0.2, 0) is 0 Å². The van der Waals surface area contributed by atoms with Crippen LogP contribution in [0.15, 0.2) is 0 Å². The van der Waals surface area contributed by atoms with Crippen LogP contribution in [-0.4, -0.2) is 16.2 Å². The molecule has 0 aliphatic carbocycles. The van der Waals surface area contributed by atoms with Crippen LogP contribution in [0.25, 0.3) is 0 Å². The fraction of sp³-hybridized carbons (Fsp3) is 0.615. The van der Waals surface area contributed by atoms with Crippen LogP contribution in [0, 0.1) is 31.1 Å². The van der Waals surface area contributed by atoms with Gasteiger partial charge in [-0.15, -0.1) is 5.10 Å². The fourth-order valence-corrected chi connectivity index (χ4v) is 1.85. The zero-order valence-electron chi connectivity index (χ0n) is 11.2. The molecule has 0 aromatic carbocycles. The second-order valence-corrected chi connectivity index (χ2v) is 4.92. The van der Waals surface area contributed by atoms with Gasteiger partial charge in [-0.05, 0) is 38.7 Å². The van der Waals surface area contributed by atoms with Crippen molar-refractivity contribution in [2.75, 3.05) is 5.32 Å². The van der Waals surface area contributed by atoms with Crippen LogP contribution < -0.4 is 5.32 Å². The average Bonchev–Trinajstić information content (AvgIpc) is 2.23. The van der Waals surface area contributed by atoms with Crippen molar-refractivity contribution in [3.8, 4) is 6.07 Å². The lowest BCUT2D eigenvalue weighted by atomic mass is 10.0. The third-order valence-electron chi connectivity index (χ3n) is 2.77. The van der Waals surface area contributed by atoms with Crippen molar-refractivity contribution in [2.45, 2.75) is 47.1 Å². The third kappa shape index (κ3) is 3.42. The van der Waals surface area contributed by atoms with Gasteiger partial charge in [-0.2, -0.15) is 10.4 Å². The molecule has 1 heterocycles. The second-order valence-electron chi connectivity index (χ2n) is 4.92. The van der Waals surface area contributed by atoms with Crippen molar-refractivity contribution in [1.29, 1.82) is 5.26 Å². The number of nitriles is 1. The standard InChI is InChI=1S/C13H20N4/c1-8(2)6-9(3)15-13-12(7-14)10(4)11(5)16-17-13/h8-9H,6H2,1-5H3,(H,15,17). The Kier molecular flexibility index (Phi) is 4.45. The zero-order valence-corrected chi connectivity index (χ0v) is 11.2. The predicted molar refractivity (Wildman–Crippen MR) is 68.8 cm³/mol. The van der Waals surface area contributed by atoms with Crippen molar-refractivity contribution in [1.82, 2.24) is 10.2 Å². The molecule has 0 aliphatic heterocycles. The Balaban J connectivity index is 2.92. The number of nitrogens with zero attached hydrogens (tertiary/aromatic N) is 3. The van der Waals surface area contributed by atoms with E-state index >= 15 is 0 Å². The quantitative estimate of drug-likeness (QED) is 0.867. The van der Waals surface area contributed by atoms with E-state index in [0.717, 1.165) is 17.7 Å². The first-order valence-corrected chi connectivity index (χ1v) is 5.96. The van der Waals surface area contributed by atoms with Gasteiger partial charge in [0.1, 0.15) is 11.6 Å². The molecule has 1 aromatic heterocycles. The number of anilines is 1. The number of aromatic nitrogens is 2. The predicted octanol–water partition coefficient (Wildman–Crippen LogP) is 2.81. The molecule has 0 spiro atoms. The smallest absolute Gasteiger partial charge is 0.167 e. The summed E-state index contributed by atoms with van der Waals surface area (Å²) in [6.07, 6.45) is 1.04. The minimum absolute atomic E-state index is 0.290. The molecule has 1 N–H and O–H groups in total. The molecular weight excluding hydrogens is 212 g/mol. The Hall–Kier alpha value is -1.63. The van der Waals surface area contributed by atoms with E-state index in [0.29, 0.717) is 23.3 Å². The summed E-state index contributed by atoms with van der Waals surface area (Å²) < 4.78 is 0. The maximum Gasteiger partial charge on any atom is 0.167 e. The first-order valence-electron chi connectivity index (χ1n) is 5.96. The molecule has 1 atom stereocenters. The van der Waals surface area contributed by atoms with Crippen LogP contribution >= 0.6 is 0 Å². The molecular formula is C13H20N4. The minimum atomic E-state index is 0.290. The molecule has 0 aliphatic rings. The lowest BCUT2D eigenvalue weighted by Gasteiger charge is -2.17.